The van der Waals surface area contributed by atoms with E-state index >= 15 is 0 Å². The van der Waals surface area contributed by atoms with Crippen LogP contribution in [0.15, 0.2) is 48.5 Å². The predicted molar refractivity (Wildman–Crippen MR) is 84.3 cm³/mol. The Morgan fingerprint density at radius 1 is 1.21 bits per heavy atom. The van der Waals surface area contributed by atoms with E-state index < -0.39 is 0 Å². The average molecular weight is 367 g/mol. The van der Waals surface area contributed by atoms with Gasteiger partial charge in [0.2, 0.25) is 0 Å². The lowest BCUT2D eigenvalue weighted by Crippen LogP contribution is -2.13. The third-order valence-corrected chi connectivity index (χ3v) is 3.32. The Balaban J connectivity index is 2.19. The van der Waals surface area contributed by atoms with Crippen LogP contribution < -0.4 is 5.32 Å². The highest BCUT2D eigenvalue weighted by atomic mass is 127. The molecule has 3 nitrogen and oxygen atoms in total. The van der Waals surface area contributed by atoms with Crippen molar-refractivity contribution in [2.45, 2.75) is 6.61 Å². The Bertz CT molecular complexity index is 584. The molecule has 1 amide bonds. The fourth-order valence-electron chi connectivity index (χ4n) is 1.75. The maximum absolute atomic E-state index is 12.2. The van der Waals surface area contributed by atoms with Gasteiger partial charge in [0.05, 0.1) is 6.61 Å². The van der Waals surface area contributed by atoms with Crippen LogP contribution in [0.3, 0.4) is 0 Å². The molecule has 0 atom stereocenters. The molecule has 0 unspecified atom stereocenters. The molecule has 0 aliphatic rings. The molecule has 0 aromatic heterocycles. The van der Waals surface area contributed by atoms with Crippen molar-refractivity contribution in [3.63, 3.8) is 0 Å². The number of hydrogen-bond donors (Lipinski definition) is 1. The van der Waals surface area contributed by atoms with E-state index in [1.54, 1.807) is 13.2 Å². The summed E-state index contributed by atoms with van der Waals surface area (Å²) in [5.74, 6) is -0.109. The van der Waals surface area contributed by atoms with Gasteiger partial charge in [0.1, 0.15) is 0 Å². The summed E-state index contributed by atoms with van der Waals surface area (Å²) in [6, 6.07) is 15.1. The first-order valence-electron chi connectivity index (χ1n) is 5.84. The number of anilines is 1. The summed E-state index contributed by atoms with van der Waals surface area (Å²) in [4.78, 5) is 12.2. The molecule has 0 aliphatic heterocycles. The molecule has 2 aromatic rings. The van der Waals surface area contributed by atoms with Gasteiger partial charge in [-0.3, -0.25) is 4.79 Å². The molecule has 0 bridgehead atoms. The van der Waals surface area contributed by atoms with Crippen molar-refractivity contribution < 1.29 is 9.53 Å². The molecule has 19 heavy (non-hydrogen) atoms. The summed E-state index contributed by atoms with van der Waals surface area (Å²) in [5, 5.41) is 2.92. The zero-order valence-electron chi connectivity index (χ0n) is 10.5. The van der Waals surface area contributed by atoms with Gasteiger partial charge in [0.25, 0.3) is 5.91 Å². The van der Waals surface area contributed by atoms with Crippen molar-refractivity contribution in [1.82, 2.24) is 0 Å². The summed E-state index contributed by atoms with van der Waals surface area (Å²) < 4.78 is 6.16. The summed E-state index contributed by atoms with van der Waals surface area (Å²) >= 11 is 2.19. The van der Waals surface area contributed by atoms with Gasteiger partial charge in [-0.1, -0.05) is 24.3 Å². The molecule has 0 fully saturated rings. The average Bonchev–Trinajstić information content (AvgIpc) is 2.41. The summed E-state index contributed by atoms with van der Waals surface area (Å²) in [7, 11) is 1.64. The van der Waals surface area contributed by atoms with Crippen LogP contribution in [-0.2, 0) is 11.3 Å². The highest BCUT2D eigenvalue weighted by molar-refractivity contribution is 14.1. The van der Waals surface area contributed by atoms with Crippen LogP contribution in [0.4, 0.5) is 5.69 Å². The highest BCUT2D eigenvalue weighted by Crippen LogP contribution is 2.17. The number of carbonyl (C=O) groups excluding carboxylic acids is 1. The first kappa shape index (κ1) is 14.0. The Hall–Kier alpha value is -1.40. The van der Waals surface area contributed by atoms with E-state index in [0.29, 0.717) is 12.2 Å². The van der Waals surface area contributed by atoms with Crippen molar-refractivity contribution >= 4 is 34.2 Å². The number of ether oxygens (including phenoxy) is 1. The SMILES string of the molecule is COCc1ccccc1NC(=O)c1cccc(I)c1. The quantitative estimate of drug-likeness (QED) is 0.838. The molecule has 98 valence electrons. The lowest BCUT2D eigenvalue weighted by Gasteiger charge is -2.10. The van der Waals surface area contributed by atoms with Crippen LogP contribution in [0.2, 0.25) is 0 Å². The van der Waals surface area contributed by atoms with Gasteiger partial charge in [-0.15, -0.1) is 0 Å². The molecular weight excluding hydrogens is 353 g/mol. The van der Waals surface area contributed by atoms with Crippen LogP contribution in [-0.4, -0.2) is 13.0 Å². The zero-order chi connectivity index (χ0) is 13.7. The molecule has 0 saturated carbocycles. The van der Waals surface area contributed by atoms with Crippen molar-refractivity contribution in [2.24, 2.45) is 0 Å². The van der Waals surface area contributed by atoms with Gasteiger partial charge < -0.3 is 10.1 Å². The number of nitrogens with one attached hydrogen (secondary N) is 1. The minimum Gasteiger partial charge on any atom is -0.380 e. The molecule has 0 heterocycles. The van der Waals surface area contributed by atoms with Crippen molar-refractivity contribution in [3.8, 4) is 0 Å². The number of methoxy groups -OCH3 is 1. The topological polar surface area (TPSA) is 38.3 Å². The van der Waals surface area contributed by atoms with E-state index in [2.05, 4.69) is 27.9 Å². The molecule has 0 aliphatic carbocycles. The third-order valence-electron chi connectivity index (χ3n) is 2.65. The van der Waals surface area contributed by atoms with Gasteiger partial charge in [-0.2, -0.15) is 0 Å². The number of hydrogen-bond acceptors (Lipinski definition) is 2. The van der Waals surface area contributed by atoms with E-state index in [1.165, 1.54) is 0 Å². The van der Waals surface area contributed by atoms with Crippen molar-refractivity contribution in [3.05, 3.63) is 63.2 Å². The summed E-state index contributed by atoms with van der Waals surface area (Å²) in [5.41, 5.74) is 2.40. The Morgan fingerprint density at radius 3 is 2.74 bits per heavy atom. The van der Waals surface area contributed by atoms with Gasteiger partial charge in [0.15, 0.2) is 0 Å². The van der Waals surface area contributed by atoms with E-state index in [0.717, 1.165) is 14.8 Å². The second-order valence-electron chi connectivity index (χ2n) is 4.05. The lowest BCUT2D eigenvalue weighted by molar-refractivity contribution is 0.102. The predicted octanol–water partition coefficient (Wildman–Crippen LogP) is 3.69. The normalized spacial score (nSPS) is 10.2. The molecule has 2 rings (SSSR count). The zero-order valence-corrected chi connectivity index (χ0v) is 12.7. The first-order valence-corrected chi connectivity index (χ1v) is 6.92. The fourth-order valence-corrected chi connectivity index (χ4v) is 2.29. The standard InChI is InChI=1S/C15H14INO2/c1-19-10-12-5-2-3-8-14(12)17-15(18)11-6-4-7-13(16)9-11/h2-9H,10H2,1H3,(H,17,18). The van der Waals surface area contributed by atoms with Crippen molar-refractivity contribution in [1.29, 1.82) is 0 Å². The molecule has 0 spiro atoms. The minimum absolute atomic E-state index is 0.109. The van der Waals surface area contributed by atoms with Crippen LogP contribution in [0.1, 0.15) is 15.9 Å². The Kier molecular flexibility index (Phi) is 4.93. The number of benzene rings is 2. The van der Waals surface area contributed by atoms with Gasteiger partial charge in [0, 0.05) is 27.5 Å². The molecule has 1 N–H and O–H groups in total. The van der Waals surface area contributed by atoms with E-state index in [9.17, 15) is 4.79 Å². The van der Waals surface area contributed by atoms with Gasteiger partial charge in [-0.05, 0) is 46.9 Å². The summed E-state index contributed by atoms with van der Waals surface area (Å²) in [6.07, 6.45) is 0. The second-order valence-corrected chi connectivity index (χ2v) is 5.30. The molecule has 0 saturated heterocycles. The van der Waals surface area contributed by atoms with E-state index in [4.69, 9.17) is 4.74 Å². The van der Waals surface area contributed by atoms with Crippen LogP contribution in [0, 0.1) is 3.57 Å². The number of para-hydroxylation sites is 1. The summed E-state index contributed by atoms with van der Waals surface area (Å²) in [6.45, 7) is 0.475. The minimum atomic E-state index is -0.109. The second kappa shape index (κ2) is 6.68. The van der Waals surface area contributed by atoms with Gasteiger partial charge in [-0.25, -0.2) is 0 Å². The van der Waals surface area contributed by atoms with E-state index in [1.807, 2.05) is 42.5 Å². The Morgan fingerprint density at radius 2 is 2.00 bits per heavy atom. The third kappa shape index (κ3) is 3.78. The number of amides is 1. The maximum Gasteiger partial charge on any atom is 0.255 e. The highest BCUT2D eigenvalue weighted by Gasteiger charge is 2.08. The Labute approximate surface area is 126 Å². The van der Waals surface area contributed by atoms with Crippen molar-refractivity contribution in [2.75, 3.05) is 12.4 Å². The molecule has 4 heteroatoms. The largest absolute Gasteiger partial charge is 0.380 e. The maximum atomic E-state index is 12.2. The number of rotatable bonds is 4. The van der Waals surface area contributed by atoms with Crippen LogP contribution in [0.5, 0.6) is 0 Å². The number of carbonyl (C=O) groups is 1. The number of halogens is 1. The van der Waals surface area contributed by atoms with Crippen LogP contribution in [0.25, 0.3) is 0 Å². The molecule has 0 radical (unpaired) electrons. The van der Waals surface area contributed by atoms with E-state index in [-0.39, 0.29) is 5.91 Å². The first-order chi connectivity index (χ1) is 9.20. The lowest BCUT2D eigenvalue weighted by atomic mass is 10.1. The smallest absolute Gasteiger partial charge is 0.255 e. The van der Waals surface area contributed by atoms with Crippen LogP contribution >= 0.6 is 22.6 Å². The fraction of sp³-hybridized carbons (Fsp3) is 0.133. The molecule has 2 aromatic carbocycles. The monoisotopic (exact) mass is 367 g/mol. The van der Waals surface area contributed by atoms with Gasteiger partial charge >= 0.3 is 0 Å². The molecular formula is C15H14INO2.